The van der Waals surface area contributed by atoms with E-state index < -0.39 is 0 Å². The van der Waals surface area contributed by atoms with Crippen LogP contribution in [0.4, 0.5) is 0 Å². The Morgan fingerprint density at radius 1 is 1.27 bits per heavy atom. The summed E-state index contributed by atoms with van der Waals surface area (Å²) in [6.07, 6.45) is 7.71. The smallest absolute Gasteiger partial charge is 0.0354 e. The molecular weight excluding hydrogens is 132 g/mol. The van der Waals surface area contributed by atoms with Crippen LogP contribution in [0.25, 0.3) is 0 Å². The molecule has 0 bridgehead atoms. The Bertz CT molecular complexity index is 133. The highest BCUT2D eigenvalue weighted by Crippen LogP contribution is 2.53. The Morgan fingerprint density at radius 3 is 2.45 bits per heavy atom. The molecule has 2 rings (SSSR count). The van der Waals surface area contributed by atoms with Gasteiger partial charge in [-0.1, -0.05) is 33.1 Å². The lowest BCUT2D eigenvalue weighted by Gasteiger charge is -2.25. The first kappa shape index (κ1) is 7.64. The Labute approximate surface area is 70.4 Å². The largest absolute Gasteiger partial charge is 0.0628 e. The van der Waals surface area contributed by atoms with Gasteiger partial charge in [0.05, 0.1) is 0 Å². The molecule has 0 N–H and O–H groups in total. The van der Waals surface area contributed by atoms with E-state index in [0.29, 0.717) is 0 Å². The second kappa shape index (κ2) is 2.80. The third kappa shape index (κ3) is 1.60. The van der Waals surface area contributed by atoms with Gasteiger partial charge in [-0.2, -0.15) is 0 Å². The molecule has 0 amide bonds. The van der Waals surface area contributed by atoms with Gasteiger partial charge < -0.3 is 0 Å². The molecule has 2 saturated carbocycles. The summed E-state index contributed by atoms with van der Waals surface area (Å²) in [5.41, 5.74) is 0. The lowest BCUT2D eigenvalue weighted by molar-refractivity contribution is 0.260. The first-order valence-electron chi connectivity index (χ1n) is 5.27. The van der Waals surface area contributed by atoms with E-state index in [9.17, 15) is 0 Å². The van der Waals surface area contributed by atoms with E-state index in [1.165, 1.54) is 24.7 Å². The molecule has 0 saturated heterocycles. The topological polar surface area (TPSA) is 0 Å². The van der Waals surface area contributed by atoms with Crippen LogP contribution in [0.1, 0.15) is 46.0 Å². The van der Waals surface area contributed by atoms with Crippen molar-refractivity contribution in [1.29, 1.82) is 0 Å². The van der Waals surface area contributed by atoms with Crippen molar-refractivity contribution in [3.8, 4) is 0 Å². The van der Waals surface area contributed by atoms with Crippen molar-refractivity contribution < 1.29 is 0 Å². The van der Waals surface area contributed by atoms with Gasteiger partial charge in [-0.25, -0.2) is 0 Å². The predicted octanol–water partition coefficient (Wildman–Crippen LogP) is 3.47. The van der Waals surface area contributed by atoms with Gasteiger partial charge in [0.1, 0.15) is 0 Å². The molecule has 2 unspecified atom stereocenters. The van der Waals surface area contributed by atoms with Gasteiger partial charge in [-0.3, -0.25) is 0 Å². The molecule has 0 nitrogen and oxygen atoms in total. The third-order valence-corrected chi connectivity index (χ3v) is 3.51. The quantitative estimate of drug-likeness (QED) is 0.581. The van der Waals surface area contributed by atoms with Crippen molar-refractivity contribution in [1.82, 2.24) is 0 Å². The van der Waals surface area contributed by atoms with Crippen molar-refractivity contribution in [2.24, 2.45) is 23.7 Å². The summed E-state index contributed by atoms with van der Waals surface area (Å²) in [5, 5.41) is 0. The Kier molecular flexibility index (Phi) is 1.95. The molecule has 0 aromatic heterocycles. The molecule has 0 heteroatoms. The second-order valence-corrected chi connectivity index (χ2v) is 4.98. The second-order valence-electron chi connectivity index (χ2n) is 4.98. The van der Waals surface area contributed by atoms with Gasteiger partial charge in [-0.15, -0.1) is 0 Å². The van der Waals surface area contributed by atoms with Gasteiger partial charge in [0.2, 0.25) is 0 Å². The standard InChI is InChI=1S/C11H20/c1-8(2)6-10-7-11(10)9-4-3-5-9/h8-11H,3-7H2,1-2H3. The average molecular weight is 152 g/mol. The average Bonchev–Trinajstić information content (AvgIpc) is 2.40. The maximum atomic E-state index is 2.36. The van der Waals surface area contributed by atoms with Crippen LogP contribution in [0.3, 0.4) is 0 Å². The fraction of sp³-hybridized carbons (Fsp3) is 1.00. The fourth-order valence-electron chi connectivity index (χ4n) is 2.59. The van der Waals surface area contributed by atoms with Crippen LogP contribution in [0.2, 0.25) is 0 Å². The van der Waals surface area contributed by atoms with Gasteiger partial charge in [-0.05, 0) is 36.5 Å². The van der Waals surface area contributed by atoms with Crippen LogP contribution in [0.15, 0.2) is 0 Å². The number of rotatable bonds is 3. The molecular formula is C11H20. The van der Waals surface area contributed by atoms with E-state index in [0.717, 1.165) is 11.8 Å². The normalized spacial score (nSPS) is 37.4. The summed E-state index contributed by atoms with van der Waals surface area (Å²) in [5.74, 6) is 4.41. The molecule has 0 spiro atoms. The van der Waals surface area contributed by atoms with Gasteiger partial charge in [0.25, 0.3) is 0 Å². The molecule has 0 radical (unpaired) electrons. The number of hydrogen-bond donors (Lipinski definition) is 0. The monoisotopic (exact) mass is 152 g/mol. The Morgan fingerprint density at radius 2 is 2.00 bits per heavy atom. The van der Waals surface area contributed by atoms with E-state index in [2.05, 4.69) is 13.8 Å². The van der Waals surface area contributed by atoms with Crippen LogP contribution in [0, 0.1) is 23.7 Å². The molecule has 0 heterocycles. The first-order valence-corrected chi connectivity index (χ1v) is 5.27. The van der Waals surface area contributed by atoms with Crippen LogP contribution in [-0.4, -0.2) is 0 Å². The summed E-state index contributed by atoms with van der Waals surface area (Å²) in [7, 11) is 0. The summed E-state index contributed by atoms with van der Waals surface area (Å²) >= 11 is 0. The van der Waals surface area contributed by atoms with E-state index in [1.807, 2.05) is 0 Å². The lowest BCUT2D eigenvalue weighted by Crippen LogP contribution is -2.14. The molecule has 2 aliphatic rings. The molecule has 2 fully saturated rings. The predicted molar refractivity (Wildman–Crippen MR) is 48.4 cm³/mol. The van der Waals surface area contributed by atoms with Gasteiger partial charge >= 0.3 is 0 Å². The van der Waals surface area contributed by atoms with E-state index in [-0.39, 0.29) is 0 Å². The van der Waals surface area contributed by atoms with Crippen LogP contribution < -0.4 is 0 Å². The van der Waals surface area contributed by atoms with Crippen molar-refractivity contribution in [2.45, 2.75) is 46.0 Å². The van der Waals surface area contributed by atoms with E-state index in [1.54, 1.807) is 19.3 Å². The lowest BCUT2D eigenvalue weighted by atomic mass is 9.80. The maximum absolute atomic E-state index is 2.36. The zero-order valence-corrected chi connectivity index (χ0v) is 7.84. The van der Waals surface area contributed by atoms with Crippen LogP contribution >= 0.6 is 0 Å². The van der Waals surface area contributed by atoms with Crippen molar-refractivity contribution in [3.05, 3.63) is 0 Å². The zero-order chi connectivity index (χ0) is 7.84. The van der Waals surface area contributed by atoms with Crippen molar-refractivity contribution >= 4 is 0 Å². The summed E-state index contributed by atoms with van der Waals surface area (Å²) in [6.45, 7) is 4.71. The minimum Gasteiger partial charge on any atom is -0.0628 e. The molecule has 2 atom stereocenters. The molecule has 2 aliphatic carbocycles. The fourth-order valence-corrected chi connectivity index (χ4v) is 2.59. The van der Waals surface area contributed by atoms with Gasteiger partial charge in [0.15, 0.2) is 0 Å². The highest BCUT2D eigenvalue weighted by Gasteiger charge is 2.44. The third-order valence-electron chi connectivity index (χ3n) is 3.51. The van der Waals surface area contributed by atoms with Crippen LogP contribution in [0.5, 0.6) is 0 Å². The SMILES string of the molecule is CC(C)CC1CC1C1CCC1. The van der Waals surface area contributed by atoms with Crippen molar-refractivity contribution in [3.63, 3.8) is 0 Å². The summed E-state index contributed by atoms with van der Waals surface area (Å²) in [4.78, 5) is 0. The highest BCUT2D eigenvalue weighted by atomic mass is 14.5. The molecule has 0 aromatic rings. The zero-order valence-electron chi connectivity index (χ0n) is 7.84. The summed E-state index contributed by atoms with van der Waals surface area (Å²) < 4.78 is 0. The van der Waals surface area contributed by atoms with Crippen LogP contribution in [-0.2, 0) is 0 Å². The van der Waals surface area contributed by atoms with E-state index >= 15 is 0 Å². The number of hydrogen-bond acceptors (Lipinski definition) is 0. The summed E-state index contributed by atoms with van der Waals surface area (Å²) in [6, 6.07) is 0. The Hall–Kier alpha value is 0. The first-order chi connectivity index (χ1) is 5.27. The highest BCUT2D eigenvalue weighted by molar-refractivity contribution is 4.94. The Balaban J connectivity index is 1.68. The van der Waals surface area contributed by atoms with E-state index in [4.69, 9.17) is 0 Å². The molecule has 11 heavy (non-hydrogen) atoms. The van der Waals surface area contributed by atoms with Crippen molar-refractivity contribution in [2.75, 3.05) is 0 Å². The minimum absolute atomic E-state index is 0.935. The molecule has 0 aliphatic heterocycles. The molecule has 0 aromatic carbocycles. The minimum atomic E-state index is 0.935. The maximum Gasteiger partial charge on any atom is -0.0354 e. The molecule has 64 valence electrons. The van der Waals surface area contributed by atoms with Gasteiger partial charge in [0, 0.05) is 0 Å².